The van der Waals surface area contributed by atoms with Gasteiger partial charge in [-0.05, 0) is 23.4 Å². The van der Waals surface area contributed by atoms with E-state index in [0.717, 1.165) is 22.8 Å². The topological polar surface area (TPSA) is 35.2 Å². The van der Waals surface area contributed by atoms with E-state index in [-0.39, 0.29) is 0 Å². The Balaban J connectivity index is 2.84. The zero-order chi connectivity index (χ0) is 10.4. The molecule has 0 bridgehead atoms. The molecule has 0 saturated carbocycles. The molecule has 2 nitrogen and oxygen atoms in total. The monoisotopic (exact) mass is 211 g/mol. The van der Waals surface area contributed by atoms with Gasteiger partial charge in [-0.3, -0.25) is 0 Å². The lowest BCUT2D eigenvalue weighted by Crippen LogP contribution is -1.98. The highest BCUT2D eigenvalue weighted by Gasteiger charge is 2.03. The van der Waals surface area contributed by atoms with Crippen LogP contribution >= 0.6 is 11.8 Å². The predicted molar refractivity (Wildman–Crippen MR) is 62.7 cm³/mol. The first-order valence-corrected chi connectivity index (χ1v) is 5.90. The van der Waals surface area contributed by atoms with Crippen molar-refractivity contribution >= 4 is 11.8 Å². The van der Waals surface area contributed by atoms with Gasteiger partial charge < -0.3 is 10.5 Å². The van der Waals surface area contributed by atoms with Crippen molar-refractivity contribution in [1.82, 2.24) is 0 Å². The van der Waals surface area contributed by atoms with Crippen LogP contribution in [0, 0.1) is 0 Å². The van der Waals surface area contributed by atoms with Gasteiger partial charge in [0.1, 0.15) is 5.75 Å². The molecule has 78 valence electrons. The Morgan fingerprint density at radius 1 is 1.43 bits per heavy atom. The number of thioether (sulfide) groups is 1. The molecule has 2 N–H and O–H groups in total. The van der Waals surface area contributed by atoms with Crippen LogP contribution < -0.4 is 10.5 Å². The fraction of sp³-hybridized carbons (Fsp3) is 0.455. The number of benzene rings is 1. The molecule has 0 amide bonds. The lowest BCUT2D eigenvalue weighted by Gasteiger charge is -2.09. The molecule has 0 fully saturated rings. The third-order valence-corrected chi connectivity index (χ3v) is 2.97. The Labute approximate surface area is 89.8 Å². The van der Waals surface area contributed by atoms with Crippen molar-refractivity contribution in [2.24, 2.45) is 5.73 Å². The summed E-state index contributed by atoms with van der Waals surface area (Å²) < 4.78 is 5.29. The number of ether oxygens (including phenoxy) is 1. The van der Waals surface area contributed by atoms with E-state index in [2.05, 4.69) is 13.0 Å². The fourth-order valence-electron chi connectivity index (χ4n) is 1.28. The van der Waals surface area contributed by atoms with Gasteiger partial charge in [-0.25, -0.2) is 0 Å². The molecule has 1 rings (SSSR count). The van der Waals surface area contributed by atoms with E-state index >= 15 is 0 Å². The maximum atomic E-state index is 5.59. The van der Waals surface area contributed by atoms with Gasteiger partial charge >= 0.3 is 0 Å². The van der Waals surface area contributed by atoms with Crippen molar-refractivity contribution in [3.63, 3.8) is 0 Å². The Morgan fingerprint density at radius 2 is 2.21 bits per heavy atom. The summed E-state index contributed by atoms with van der Waals surface area (Å²) in [7, 11) is 1.71. The average Bonchev–Trinajstić information content (AvgIpc) is 2.25. The summed E-state index contributed by atoms with van der Waals surface area (Å²) in [5, 5.41) is 0. The SMILES string of the molecule is CCSCc1cc(CN)ccc1OC. The van der Waals surface area contributed by atoms with Gasteiger partial charge in [-0.2, -0.15) is 11.8 Å². The van der Waals surface area contributed by atoms with E-state index in [9.17, 15) is 0 Å². The van der Waals surface area contributed by atoms with E-state index in [1.165, 1.54) is 5.56 Å². The Hall–Kier alpha value is -0.670. The van der Waals surface area contributed by atoms with Gasteiger partial charge in [0.2, 0.25) is 0 Å². The number of hydrogen-bond donors (Lipinski definition) is 1. The van der Waals surface area contributed by atoms with Crippen LogP contribution in [0.5, 0.6) is 5.75 Å². The second kappa shape index (κ2) is 5.94. The summed E-state index contributed by atoms with van der Waals surface area (Å²) >= 11 is 1.89. The third-order valence-electron chi connectivity index (χ3n) is 2.04. The summed E-state index contributed by atoms with van der Waals surface area (Å²) in [6.07, 6.45) is 0. The second-order valence-corrected chi connectivity index (χ2v) is 4.26. The van der Waals surface area contributed by atoms with Crippen molar-refractivity contribution in [3.8, 4) is 5.75 Å². The van der Waals surface area contributed by atoms with E-state index in [4.69, 9.17) is 10.5 Å². The van der Waals surface area contributed by atoms with E-state index in [1.54, 1.807) is 7.11 Å². The molecule has 3 heteroatoms. The quantitative estimate of drug-likeness (QED) is 0.812. The molecule has 0 saturated heterocycles. The van der Waals surface area contributed by atoms with Crippen LogP contribution in [0.1, 0.15) is 18.1 Å². The first kappa shape index (κ1) is 11.4. The summed E-state index contributed by atoms with van der Waals surface area (Å²) in [4.78, 5) is 0. The Bertz CT molecular complexity index is 289. The molecular formula is C11H17NOS. The number of rotatable bonds is 5. The fourth-order valence-corrected chi connectivity index (χ4v) is 1.93. The van der Waals surface area contributed by atoms with Crippen molar-refractivity contribution in [3.05, 3.63) is 29.3 Å². The average molecular weight is 211 g/mol. The molecule has 0 aliphatic carbocycles. The zero-order valence-corrected chi connectivity index (χ0v) is 9.56. The summed E-state index contributed by atoms with van der Waals surface area (Å²) in [6, 6.07) is 6.13. The van der Waals surface area contributed by atoms with Crippen LogP contribution in [0.4, 0.5) is 0 Å². The number of hydrogen-bond acceptors (Lipinski definition) is 3. The first-order valence-electron chi connectivity index (χ1n) is 4.75. The summed E-state index contributed by atoms with van der Waals surface area (Å²) in [5.41, 5.74) is 7.99. The van der Waals surface area contributed by atoms with Crippen molar-refractivity contribution in [1.29, 1.82) is 0 Å². The molecule has 14 heavy (non-hydrogen) atoms. The Morgan fingerprint density at radius 3 is 2.79 bits per heavy atom. The van der Waals surface area contributed by atoms with Crippen LogP contribution in [0.25, 0.3) is 0 Å². The van der Waals surface area contributed by atoms with Crippen molar-refractivity contribution in [2.45, 2.75) is 19.2 Å². The van der Waals surface area contributed by atoms with Crippen molar-refractivity contribution < 1.29 is 4.74 Å². The van der Waals surface area contributed by atoms with Gasteiger partial charge in [0.05, 0.1) is 7.11 Å². The molecule has 0 aliphatic rings. The minimum atomic E-state index is 0.591. The molecule has 0 unspecified atom stereocenters. The number of nitrogens with two attached hydrogens (primary N) is 1. The molecule has 0 spiro atoms. The smallest absolute Gasteiger partial charge is 0.122 e. The summed E-state index contributed by atoms with van der Waals surface area (Å²) in [6.45, 7) is 2.75. The summed E-state index contributed by atoms with van der Waals surface area (Å²) in [5.74, 6) is 3.08. The van der Waals surface area contributed by atoms with Gasteiger partial charge in [0.25, 0.3) is 0 Å². The molecule has 0 radical (unpaired) electrons. The lowest BCUT2D eigenvalue weighted by atomic mass is 10.1. The first-order chi connectivity index (χ1) is 6.81. The second-order valence-electron chi connectivity index (χ2n) is 2.99. The van der Waals surface area contributed by atoms with E-state index < -0.39 is 0 Å². The highest BCUT2D eigenvalue weighted by atomic mass is 32.2. The predicted octanol–water partition coefficient (Wildman–Crippen LogP) is 2.41. The highest BCUT2D eigenvalue weighted by Crippen LogP contribution is 2.24. The third kappa shape index (κ3) is 2.93. The van der Waals surface area contributed by atoms with Crippen LogP contribution in [-0.4, -0.2) is 12.9 Å². The minimum Gasteiger partial charge on any atom is -0.496 e. The van der Waals surface area contributed by atoms with Crippen LogP contribution in [0.2, 0.25) is 0 Å². The maximum absolute atomic E-state index is 5.59. The van der Waals surface area contributed by atoms with Crippen molar-refractivity contribution in [2.75, 3.05) is 12.9 Å². The van der Waals surface area contributed by atoms with Crippen LogP contribution in [0.3, 0.4) is 0 Å². The molecule has 1 aromatic carbocycles. The Kier molecular flexibility index (Phi) is 4.84. The van der Waals surface area contributed by atoms with Crippen LogP contribution in [-0.2, 0) is 12.3 Å². The normalized spacial score (nSPS) is 10.2. The molecular weight excluding hydrogens is 194 g/mol. The zero-order valence-electron chi connectivity index (χ0n) is 8.75. The lowest BCUT2D eigenvalue weighted by molar-refractivity contribution is 0.411. The molecule has 1 aromatic rings. The number of methoxy groups -OCH3 is 1. The van der Waals surface area contributed by atoms with Crippen LogP contribution in [0.15, 0.2) is 18.2 Å². The molecule has 0 heterocycles. The largest absolute Gasteiger partial charge is 0.496 e. The van der Waals surface area contributed by atoms with E-state index in [0.29, 0.717) is 6.54 Å². The molecule has 0 aliphatic heterocycles. The van der Waals surface area contributed by atoms with Gasteiger partial charge in [-0.1, -0.05) is 13.0 Å². The standard InChI is InChI=1S/C11H17NOS/c1-3-14-8-10-6-9(7-12)4-5-11(10)13-2/h4-6H,3,7-8,12H2,1-2H3. The van der Waals surface area contributed by atoms with E-state index in [1.807, 2.05) is 23.9 Å². The molecule has 0 atom stereocenters. The minimum absolute atomic E-state index is 0.591. The van der Waals surface area contributed by atoms with Gasteiger partial charge in [0.15, 0.2) is 0 Å². The highest BCUT2D eigenvalue weighted by molar-refractivity contribution is 7.98. The maximum Gasteiger partial charge on any atom is 0.122 e. The van der Waals surface area contributed by atoms with Gasteiger partial charge in [-0.15, -0.1) is 0 Å². The van der Waals surface area contributed by atoms with Gasteiger partial charge in [0, 0.05) is 17.9 Å². The molecule has 0 aromatic heterocycles.